The molecule has 142 valence electrons. The summed E-state index contributed by atoms with van der Waals surface area (Å²) in [6, 6.07) is 9.00. The van der Waals surface area contributed by atoms with Crippen molar-refractivity contribution in [2.45, 2.75) is 19.3 Å². The van der Waals surface area contributed by atoms with Gasteiger partial charge < -0.3 is 18.6 Å². The second-order valence-electron chi connectivity index (χ2n) is 6.20. The van der Waals surface area contributed by atoms with Crippen molar-refractivity contribution in [2.75, 3.05) is 20.8 Å². The van der Waals surface area contributed by atoms with Crippen molar-refractivity contribution in [2.24, 2.45) is 5.92 Å². The quantitative estimate of drug-likeness (QED) is 0.571. The number of rotatable bonds is 6. The lowest BCUT2D eigenvalue weighted by atomic mass is 9.75. The minimum absolute atomic E-state index is 0.222. The summed E-state index contributed by atoms with van der Waals surface area (Å²) in [4.78, 5) is 25.2. The molecule has 0 fully saturated rings. The molecule has 1 aromatic heterocycles. The summed E-state index contributed by atoms with van der Waals surface area (Å²) in [7, 11) is 3.13. The molecule has 0 amide bonds. The van der Waals surface area contributed by atoms with Gasteiger partial charge in [-0.1, -0.05) is 6.07 Å². The lowest BCUT2D eigenvalue weighted by Gasteiger charge is -2.27. The van der Waals surface area contributed by atoms with Crippen LogP contribution in [-0.2, 0) is 14.3 Å². The molecule has 0 unspecified atom stereocenters. The van der Waals surface area contributed by atoms with E-state index in [0.29, 0.717) is 23.7 Å². The van der Waals surface area contributed by atoms with E-state index in [1.165, 1.54) is 12.3 Å². The van der Waals surface area contributed by atoms with Gasteiger partial charge in [0.25, 0.3) is 0 Å². The summed E-state index contributed by atoms with van der Waals surface area (Å²) < 4.78 is 21.3. The van der Waals surface area contributed by atoms with Gasteiger partial charge in [-0.05, 0) is 54.8 Å². The number of carbonyl (C=O) groups is 2. The van der Waals surface area contributed by atoms with Crippen LogP contribution in [0.2, 0.25) is 0 Å². The molecule has 0 bridgehead atoms. The molecular formula is C21H22O6. The van der Waals surface area contributed by atoms with Crippen LogP contribution in [-0.4, -0.2) is 32.6 Å². The van der Waals surface area contributed by atoms with E-state index in [9.17, 15) is 9.59 Å². The van der Waals surface area contributed by atoms with Crippen LogP contribution in [0.15, 0.2) is 47.1 Å². The smallest absolute Gasteiger partial charge is 0.317 e. The number of allylic oxidation sites excluding steroid dienone is 2. The van der Waals surface area contributed by atoms with Gasteiger partial charge in [0.05, 0.1) is 27.1 Å². The van der Waals surface area contributed by atoms with E-state index in [4.69, 9.17) is 18.6 Å². The largest absolute Gasteiger partial charge is 0.493 e. The number of ether oxygens (including phenoxy) is 3. The van der Waals surface area contributed by atoms with Gasteiger partial charge in [0, 0.05) is 5.92 Å². The fourth-order valence-corrected chi connectivity index (χ4v) is 3.39. The first-order valence-electron chi connectivity index (χ1n) is 8.75. The van der Waals surface area contributed by atoms with Crippen molar-refractivity contribution >= 4 is 17.3 Å². The van der Waals surface area contributed by atoms with Crippen LogP contribution in [0.3, 0.4) is 0 Å². The zero-order valence-electron chi connectivity index (χ0n) is 15.6. The Bertz CT molecular complexity index is 850. The van der Waals surface area contributed by atoms with Crippen LogP contribution < -0.4 is 9.47 Å². The third kappa shape index (κ3) is 3.74. The molecule has 1 heterocycles. The Hall–Kier alpha value is -3.02. The number of hydrogen-bond donors (Lipinski definition) is 0. The molecule has 2 atom stereocenters. The van der Waals surface area contributed by atoms with E-state index in [1.54, 1.807) is 39.3 Å². The SMILES string of the molecule is CCOC(=O)[C@@H]1C(=O)C=C(c2ccc(OC)c(OC)c2)C[C@H]1c1ccco1. The minimum Gasteiger partial charge on any atom is -0.493 e. The van der Waals surface area contributed by atoms with Crippen molar-refractivity contribution in [3.05, 3.63) is 54.0 Å². The van der Waals surface area contributed by atoms with E-state index in [1.807, 2.05) is 12.1 Å². The molecule has 0 aliphatic heterocycles. The predicted molar refractivity (Wildman–Crippen MR) is 98.7 cm³/mol. The topological polar surface area (TPSA) is 75.0 Å². The minimum atomic E-state index is -0.903. The van der Waals surface area contributed by atoms with Crippen LogP contribution >= 0.6 is 0 Å². The Balaban J connectivity index is 2.00. The van der Waals surface area contributed by atoms with Gasteiger partial charge in [0.1, 0.15) is 11.7 Å². The molecule has 2 aromatic rings. The molecular weight excluding hydrogens is 348 g/mol. The van der Waals surface area contributed by atoms with Crippen molar-refractivity contribution in [3.8, 4) is 11.5 Å². The maximum absolute atomic E-state index is 12.8. The van der Waals surface area contributed by atoms with Crippen molar-refractivity contribution in [3.63, 3.8) is 0 Å². The highest BCUT2D eigenvalue weighted by atomic mass is 16.5. The fraction of sp³-hybridized carbons (Fsp3) is 0.333. The van der Waals surface area contributed by atoms with Gasteiger partial charge in [0.2, 0.25) is 0 Å². The molecule has 6 heteroatoms. The number of methoxy groups -OCH3 is 2. The van der Waals surface area contributed by atoms with E-state index < -0.39 is 17.8 Å². The van der Waals surface area contributed by atoms with Gasteiger partial charge in [-0.2, -0.15) is 0 Å². The maximum Gasteiger partial charge on any atom is 0.317 e. The second kappa shape index (κ2) is 8.12. The third-order valence-corrected chi connectivity index (χ3v) is 4.67. The lowest BCUT2D eigenvalue weighted by molar-refractivity contribution is -0.151. The first-order chi connectivity index (χ1) is 13.1. The van der Waals surface area contributed by atoms with Crippen LogP contribution in [0.1, 0.15) is 30.6 Å². The third-order valence-electron chi connectivity index (χ3n) is 4.67. The number of hydrogen-bond acceptors (Lipinski definition) is 6. The molecule has 0 saturated heterocycles. The summed E-state index contributed by atoms with van der Waals surface area (Å²) in [6.07, 6.45) is 3.52. The van der Waals surface area contributed by atoms with Gasteiger partial charge in [-0.3, -0.25) is 9.59 Å². The van der Waals surface area contributed by atoms with Gasteiger partial charge in [-0.15, -0.1) is 0 Å². The summed E-state index contributed by atoms with van der Waals surface area (Å²) in [5.41, 5.74) is 1.64. The van der Waals surface area contributed by atoms with Gasteiger partial charge in [0.15, 0.2) is 17.3 Å². The summed E-state index contributed by atoms with van der Waals surface area (Å²) >= 11 is 0. The maximum atomic E-state index is 12.8. The van der Waals surface area contributed by atoms with Crippen molar-refractivity contribution in [1.82, 2.24) is 0 Å². The molecule has 0 radical (unpaired) electrons. The molecule has 27 heavy (non-hydrogen) atoms. The fourth-order valence-electron chi connectivity index (χ4n) is 3.39. The van der Waals surface area contributed by atoms with Gasteiger partial charge >= 0.3 is 5.97 Å². The monoisotopic (exact) mass is 370 g/mol. The standard InChI is InChI=1S/C21H22O6/c1-4-26-21(23)20-15(17-6-5-9-27-17)10-14(11-16(20)22)13-7-8-18(24-2)19(12-13)25-3/h5-9,11-12,15,20H,4,10H2,1-3H3/t15-,20-/m0/s1. The number of esters is 1. The van der Waals surface area contributed by atoms with E-state index in [-0.39, 0.29) is 12.4 Å². The zero-order valence-corrected chi connectivity index (χ0v) is 15.6. The van der Waals surface area contributed by atoms with E-state index >= 15 is 0 Å². The molecule has 1 aliphatic rings. The van der Waals surface area contributed by atoms with Crippen LogP contribution in [0.25, 0.3) is 5.57 Å². The first kappa shape index (κ1) is 18.8. The van der Waals surface area contributed by atoms with Gasteiger partial charge in [-0.25, -0.2) is 0 Å². The predicted octanol–water partition coefficient (Wildman–Crippen LogP) is 3.62. The Morgan fingerprint density at radius 2 is 1.96 bits per heavy atom. The molecule has 1 aliphatic carbocycles. The molecule has 0 spiro atoms. The molecule has 6 nitrogen and oxygen atoms in total. The lowest BCUT2D eigenvalue weighted by Crippen LogP contribution is -2.33. The highest BCUT2D eigenvalue weighted by Crippen LogP contribution is 2.42. The Morgan fingerprint density at radius 1 is 1.19 bits per heavy atom. The first-order valence-corrected chi connectivity index (χ1v) is 8.75. The number of ketones is 1. The summed E-state index contributed by atoms with van der Waals surface area (Å²) in [5, 5.41) is 0. The average Bonchev–Trinajstić information content (AvgIpc) is 3.21. The van der Waals surface area contributed by atoms with E-state index in [0.717, 1.165) is 11.1 Å². The Labute approximate surface area is 157 Å². The van der Waals surface area contributed by atoms with Crippen LogP contribution in [0.4, 0.5) is 0 Å². The van der Waals surface area contributed by atoms with Crippen LogP contribution in [0.5, 0.6) is 11.5 Å². The second-order valence-corrected chi connectivity index (χ2v) is 6.20. The van der Waals surface area contributed by atoms with Crippen LogP contribution in [0, 0.1) is 5.92 Å². The number of benzene rings is 1. The average molecular weight is 370 g/mol. The molecule has 3 rings (SSSR count). The molecule has 0 saturated carbocycles. The Kier molecular flexibility index (Phi) is 5.64. The summed E-state index contributed by atoms with van der Waals surface area (Å²) in [5.74, 6) is -0.356. The Morgan fingerprint density at radius 3 is 2.59 bits per heavy atom. The molecule has 1 aromatic carbocycles. The number of carbonyl (C=O) groups excluding carboxylic acids is 2. The van der Waals surface area contributed by atoms with E-state index in [2.05, 4.69) is 0 Å². The normalized spacial score (nSPS) is 19.4. The highest BCUT2D eigenvalue weighted by molar-refractivity contribution is 6.10. The highest BCUT2D eigenvalue weighted by Gasteiger charge is 2.41. The number of furan rings is 1. The van der Waals surface area contributed by atoms with Crippen molar-refractivity contribution < 1.29 is 28.2 Å². The van der Waals surface area contributed by atoms with Crippen molar-refractivity contribution in [1.29, 1.82) is 0 Å². The molecule has 0 N–H and O–H groups in total. The zero-order chi connectivity index (χ0) is 19.4. The summed E-state index contributed by atoms with van der Waals surface area (Å²) in [6.45, 7) is 1.94.